The lowest BCUT2D eigenvalue weighted by Gasteiger charge is -2.16. The summed E-state index contributed by atoms with van der Waals surface area (Å²) >= 11 is 0. The van der Waals surface area contributed by atoms with Crippen LogP contribution < -0.4 is 21.1 Å². The first-order chi connectivity index (χ1) is 15.0. The molecule has 2 N–H and O–H groups in total. The van der Waals surface area contributed by atoms with Gasteiger partial charge in [-0.2, -0.15) is 4.98 Å². The number of para-hydroxylation sites is 1. The highest BCUT2D eigenvalue weighted by atomic mass is 19.1. The molecule has 0 spiro atoms. The average molecular weight is 418 g/mol. The number of nitrogens with zero attached hydrogens (tertiary/aromatic N) is 2. The third-order valence-electron chi connectivity index (χ3n) is 4.68. The second-order valence-electron chi connectivity index (χ2n) is 6.78. The van der Waals surface area contributed by atoms with Crippen molar-refractivity contribution >= 4 is 28.4 Å². The fraction of sp³-hybridized carbons (Fsp3) is 0.0870. The van der Waals surface area contributed by atoms with Gasteiger partial charge >= 0.3 is 11.7 Å². The molecule has 0 atom stereocenters. The average Bonchev–Trinajstić information content (AvgIpc) is 2.78. The number of ether oxygens (including phenoxy) is 1. The van der Waals surface area contributed by atoms with Crippen LogP contribution in [0.5, 0.6) is 5.75 Å². The molecular weight excluding hydrogens is 399 g/mol. The number of rotatable bonds is 5. The number of anilines is 2. The number of carbonyl (C=O) groups is 1. The Hall–Kier alpha value is -4.20. The van der Waals surface area contributed by atoms with Crippen LogP contribution >= 0.6 is 0 Å². The molecule has 4 rings (SSSR count). The van der Waals surface area contributed by atoms with Crippen molar-refractivity contribution in [1.29, 1.82) is 0 Å². The minimum absolute atomic E-state index is 0.181. The first-order valence-corrected chi connectivity index (χ1v) is 9.49. The van der Waals surface area contributed by atoms with Crippen LogP contribution in [0.25, 0.3) is 10.9 Å². The molecule has 31 heavy (non-hydrogen) atoms. The highest BCUT2D eigenvalue weighted by Crippen LogP contribution is 2.22. The third kappa shape index (κ3) is 4.53. The number of amides is 2. The van der Waals surface area contributed by atoms with Gasteiger partial charge in [-0.15, -0.1) is 0 Å². The van der Waals surface area contributed by atoms with E-state index in [1.165, 1.54) is 28.8 Å². The van der Waals surface area contributed by atoms with Gasteiger partial charge in [-0.1, -0.05) is 24.3 Å². The smallest absolute Gasteiger partial charge is 0.350 e. The van der Waals surface area contributed by atoms with Gasteiger partial charge in [-0.3, -0.25) is 9.88 Å². The third-order valence-corrected chi connectivity index (χ3v) is 4.68. The lowest BCUT2D eigenvalue weighted by atomic mass is 10.2. The minimum atomic E-state index is -0.568. The number of benzene rings is 3. The SMILES string of the molecule is COc1cccc(Cn2c(NC(=O)Nc3ccc(F)cc3)c3ccccc3nc2=O)c1. The Bertz CT molecular complexity index is 1300. The zero-order chi connectivity index (χ0) is 21.8. The van der Waals surface area contributed by atoms with Crippen LogP contribution in [-0.2, 0) is 6.54 Å². The van der Waals surface area contributed by atoms with E-state index >= 15 is 0 Å². The zero-order valence-corrected chi connectivity index (χ0v) is 16.6. The Morgan fingerprint density at radius 1 is 1.03 bits per heavy atom. The minimum Gasteiger partial charge on any atom is -0.497 e. The number of nitrogens with one attached hydrogen (secondary N) is 2. The number of hydrogen-bond donors (Lipinski definition) is 2. The maximum absolute atomic E-state index is 13.1. The van der Waals surface area contributed by atoms with Crippen molar-refractivity contribution in [3.8, 4) is 5.75 Å². The summed E-state index contributed by atoms with van der Waals surface area (Å²) in [6.07, 6.45) is 0. The van der Waals surface area contributed by atoms with E-state index in [0.29, 0.717) is 28.2 Å². The summed E-state index contributed by atoms with van der Waals surface area (Å²) in [5, 5.41) is 6.00. The molecular formula is C23H19FN4O3. The number of aromatic nitrogens is 2. The number of hydrogen-bond acceptors (Lipinski definition) is 4. The van der Waals surface area contributed by atoms with Crippen molar-refractivity contribution in [2.24, 2.45) is 0 Å². The fourth-order valence-electron chi connectivity index (χ4n) is 3.21. The van der Waals surface area contributed by atoms with Gasteiger partial charge in [0.05, 0.1) is 19.2 Å². The topological polar surface area (TPSA) is 85.2 Å². The van der Waals surface area contributed by atoms with Crippen molar-refractivity contribution in [2.75, 3.05) is 17.7 Å². The number of methoxy groups -OCH3 is 1. The Morgan fingerprint density at radius 3 is 2.58 bits per heavy atom. The van der Waals surface area contributed by atoms with E-state index in [4.69, 9.17) is 4.74 Å². The molecule has 0 aliphatic heterocycles. The molecule has 7 nitrogen and oxygen atoms in total. The second kappa shape index (κ2) is 8.66. The first-order valence-electron chi connectivity index (χ1n) is 9.49. The van der Waals surface area contributed by atoms with Crippen LogP contribution in [0.2, 0.25) is 0 Å². The van der Waals surface area contributed by atoms with Gasteiger partial charge in [0.25, 0.3) is 0 Å². The summed E-state index contributed by atoms with van der Waals surface area (Å²) in [7, 11) is 1.57. The quantitative estimate of drug-likeness (QED) is 0.508. The number of halogens is 1. The van der Waals surface area contributed by atoms with Crippen molar-refractivity contribution in [3.05, 3.63) is 94.7 Å². The van der Waals surface area contributed by atoms with Crippen LogP contribution in [0.15, 0.2) is 77.6 Å². The molecule has 0 aliphatic rings. The van der Waals surface area contributed by atoms with Crippen molar-refractivity contribution in [3.63, 3.8) is 0 Å². The van der Waals surface area contributed by atoms with E-state index in [-0.39, 0.29) is 6.54 Å². The molecule has 4 aromatic rings. The fourth-order valence-corrected chi connectivity index (χ4v) is 3.21. The Labute approximate surface area is 177 Å². The molecule has 0 aliphatic carbocycles. The number of fused-ring (bicyclic) bond motifs is 1. The Morgan fingerprint density at radius 2 is 1.81 bits per heavy atom. The van der Waals surface area contributed by atoms with E-state index in [1.54, 1.807) is 37.4 Å². The Kier molecular flexibility index (Phi) is 5.61. The summed E-state index contributed by atoms with van der Waals surface area (Å²) in [6.45, 7) is 0.181. The molecule has 0 saturated heterocycles. The van der Waals surface area contributed by atoms with E-state index in [9.17, 15) is 14.0 Å². The number of carbonyl (C=O) groups excluding carboxylic acids is 1. The first kappa shape index (κ1) is 20.1. The monoisotopic (exact) mass is 418 g/mol. The van der Waals surface area contributed by atoms with Gasteiger partial charge in [0, 0.05) is 11.1 Å². The maximum Gasteiger partial charge on any atom is 0.350 e. The summed E-state index contributed by atoms with van der Waals surface area (Å²) in [5.74, 6) is 0.555. The van der Waals surface area contributed by atoms with Crippen LogP contribution in [0.4, 0.5) is 20.7 Å². The molecule has 0 bridgehead atoms. The molecule has 0 unspecified atom stereocenters. The summed E-state index contributed by atoms with van der Waals surface area (Å²) in [5.41, 5.74) is 1.18. The van der Waals surface area contributed by atoms with Crippen molar-refractivity contribution in [2.45, 2.75) is 6.54 Å². The van der Waals surface area contributed by atoms with Crippen LogP contribution in [0.1, 0.15) is 5.56 Å². The highest BCUT2D eigenvalue weighted by molar-refractivity contribution is 6.04. The maximum atomic E-state index is 13.1. The summed E-state index contributed by atoms with van der Waals surface area (Å²) in [6, 6.07) is 19.2. The standard InChI is InChI=1S/C23H19FN4O3/c1-31-18-6-4-5-15(13-18)14-28-21(19-7-2-3-8-20(19)26-23(28)30)27-22(29)25-17-11-9-16(24)10-12-17/h2-13H,14H2,1H3,(H2,25,27,29). The molecule has 2 amide bonds. The van der Waals surface area contributed by atoms with Crippen molar-refractivity contribution in [1.82, 2.24) is 9.55 Å². The predicted molar refractivity (Wildman–Crippen MR) is 117 cm³/mol. The van der Waals surface area contributed by atoms with Gasteiger partial charge < -0.3 is 10.1 Å². The summed E-state index contributed by atoms with van der Waals surface area (Å²) in [4.78, 5) is 29.6. The lowest BCUT2D eigenvalue weighted by molar-refractivity contribution is 0.262. The summed E-state index contributed by atoms with van der Waals surface area (Å²) < 4.78 is 19.8. The molecule has 0 radical (unpaired) electrons. The molecule has 3 aromatic carbocycles. The number of urea groups is 1. The molecule has 8 heteroatoms. The normalized spacial score (nSPS) is 10.6. The van der Waals surface area contributed by atoms with E-state index < -0.39 is 17.5 Å². The molecule has 0 fully saturated rings. The largest absolute Gasteiger partial charge is 0.497 e. The molecule has 1 aromatic heterocycles. The van der Waals surface area contributed by atoms with Gasteiger partial charge in [0.1, 0.15) is 17.4 Å². The van der Waals surface area contributed by atoms with Crippen LogP contribution in [0.3, 0.4) is 0 Å². The van der Waals surface area contributed by atoms with Gasteiger partial charge in [-0.05, 0) is 54.1 Å². The van der Waals surface area contributed by atoms with Crippen LogP contribution in [-0.4, -0.2) is 22.7 Å². The van der Waals surface area contributed by atoms with Gasteiger partial charge in [0.2, 0.25) is 0 Å². The van der Waals surface area contributed by atoms with Gasteiger partial charge in [-0.25, -0.2) is 14.0 Å². The lowest BCUT2D eigenvalue weighted by Crippen LogP contribution is -2.30. The van der Waals surface area contributed by atoms with E-state index in [1.807, 2.05) is 18.2 Å². The van der Waals surface area contributed by atoms with Gasteiger partial charge in [0.15, 0.2) is 0 Å². The van der Waals surface area contributed by atoms with Crippen molar-refractivity contribution < 1.29 is 13.9 Å². The van der Waals surface area contributed by atoms with E-state index in [0.717, 1.165) is 5.56 Å². The van der Waals surface area contributed by atoms with E-state index in [2.05, 4.69) is 15.6 Å². The molecule has 0 saturated carbocycles. The van der Waals surface area contributed by atoms with Crippen LogP contribution in [0, 0.1) is 5.82 Å². The molecule has 156 valence electrons. The zero-order valence-electron chi connectivity index (χ0n) is 16.6. The second-order valence-corrected chi connectivity index (χ2v) is 6.78. The molecule has 1 heterocycles. The highest BCUT2D eigenvalue weighted by Gasteiger charge is 2.15. The Balaban J connectivity index is 1.72. The predicted octanol–water partition coefficient (Wildman–Crippen LogP) is 4.24.